The zero-order valence-corrected chi connectivity index (χ0v) is 14.4. The number of hydrogen-bond acceptors (Lipinski definition) is 4. The Morgan fingerprint density at radius 3 is 2.46 bits per heavy atom. The van der Waals surface area contributed by atoms with E-state index >= 15 is 0 Å². The van der Waals surface area contributed by atoms with E-state index in [1.54, 1.807) is 36.4 Å². The fourth-order valence-corrected chi connectivity index (χ4v) is 5.66. The molecule has 3 atom stereocenters. The lowest BCUT2D eigenvalue weighted by Gasteiger charge is -2.11. The zero-order chi connectivity index (χ0) is 17.5. The molecule has 0 heterocycles. The molecule has 0 unspecified atom stereocenters. The number of halogens is 1. The number of benzene rings is 2. The van der Waals surface area contributed by atoms with E-state index in [-0.39, 0.29) is 11.5 Å². The van der Waals surface area contributed by atoms with E-state index in [1.807, 2.05) is 6.92 Å². The molecule has 2 aromatic rings. The molecule has 24 heavy (non-hydrogen) atoms. The third-order valence-corrected chi connectivity index (χ3v) is 6.90. The summed E-state index contributed by atoms with van der Waals surface area (Å²) in [5, 5.41) is -0.838. The normalized spacial score (nSPS) is 26.3. The van der Waals surface area contributed by atoms with Crippen molar-refractivity contribution < 1.29 is 17.5 Å². The molecular weight excluding hydrogens is 329 g/mol. The first kappa shape index (κ1) is 17.1. The summed E-state index contributed by atoms with van der Waals surface area (Å²) < 4.78 is 44.8. The highest BCUT2D eigenvalue weighted by atomic mass is 32.2. The van der Waals surface area contributed by atoms with Gasteiger partial charge in [0.1, 0.15) is 5.82 Å². The van der Waals surface area contributed by atoms with Gasteiger partial charge in [-0.2, -0.15) is 0 Å². The maximum atomic E-state index is 13.6. The molecule has 0 amide bonds. The van der Waals surface area contributed by atoms with Gasteiger partial charge in [-0.15, -0.1) is 0 Å². The van der Waals surface area contributed by atoms with Crippen LogP contribution in [0.25, 0.3) is 0 Å². The molecule has 1 aliphatic carbocycles. The zero-order valence-electron chi connectivity index (χ0n) is 13.6. The highest BCUT2D eigenvalue weighted by molar-refractivity contribution is 7.92. The first-order chi connectivity index (χ1) is 11.3. The second kappa shape index (κ2) is 5.95. The van der Waals surface area contributed by atoms with Crippen molar-refractivity contribution in [3.05, 3.63) is 65.5 Å². The average molecular weight is 349 g/mol. The summed E-state index contributed by atoms with van der Waals surface area (Å²) in [4.78, 5) is 0.225. The van der Waals surface area contributed by atoms with Gasteiger partial charge in [-0.05, 0) is 36.8 Å². The van der Waals surface area contributed by atoms with E-state index in [9.17, 15) is 12.8 Å². The van der Waals surface area contributed by atoms with Crippen molar-refractivity contribution in [2.45, 2.75) is 28.5 Å². The lowest BCUT2D eigenvalue weighted by molar-refractivity contribution is 0.171. The van der Waals surface area contributed by atoms with Gasteiger partial charge in [-0.1, -0.05) is 29.8 Å². The van der Waals surface area contributed by atoms with E-state index in [0.29, 0.717) is 5.56 Å². The standard InChI is InChI=1S/C18H20FNO3S/c1-12-6-8-15(9-7-12)24(21,22)17-16(18(17,20)11-23-2)13-4-3-5-14(19)10-13/h3-10,16-17H,11,20H2,1-2H3/t16-,17+,18+/m1/s1. The maximum absolute atomic E-state index is 13.6. The van der Waals surface area contributed by atoms with Gasteiger partial charge < -0.3 is 10.5 Å². The Bertz CT molecular complexity index is 851. The molecule has 2 aromatic carbocycles. The van der Waals surface area contributed by atoms with Gasteiger partial charge in [0.05, 0.1) is 22.3 Å². The molecule has 6 heteroatoms. The van der Waals surface area contributed by atoms with Crippen LogP contribution in [0, 0.1) is 12.7 Å². The second-order valence-electron chi connectivity index (χ2n) is 6.36. The number of hydrogen-bond donors (Lipinski definition) is 1. The highest BCUT2D eigenvalue weighted by Crippen LogP contribution is 2.55. The van der Waals surface area contributed by atoms with Gasteiger partial charge in [0.2, 0.25) is 0 Å². The van der Waals surface area contributed by atoms with Crippen LogP contribution in [0.1, 0.15) is 17.0 Å². The van der Waals surface area contributed by atoms with E-state index in [2.05, 4.69) is 0 Å². The van der Waals surface area contributed by atoms with Crippen molar-refractivity contribution in [3.8, 4) is 0 Å². The van der Waals surface area contributed by atoms with Crippen LogP contribution >= 0.6 is 0 Å². The number of nitrogens with two attached hydrogens (primary N) is 1. The third kappa shape index (κ3) is 2.75. The summed E-state index contributed by atoms with van der Waals surface area (Å²) in [7, 11) is -2.17. The lowest BCUT2D eigenvalue weighted by atomic mass is 10.1. The Labute approximate surface area is 141 Å². The second-order valence-corrected chi connectivity index (χ2v) is 8.43. The molecular formula is C18H20FNO3S. The molecule has 0 bridgehead atoms. The Kier molecular flexibility index (Phi) is 4.23. The smallest absolute Gasteiger partial charge is 0.183 e. The molecule has 0 aromatic heterocycles. The first-order valence-corrected chi connectivity index (χ1v) is 9.19. The summed E-state index contributed by atoms with van der Waals surface area (Å²) >= 11 is 0. The van der Waals surface area contributed by atoms with Gasteiger partial charge in [0, 0.05) is 13.0 Å². The van der Waals surface area contributed by atoms with Gasteiger partial charge in [0.25, 0.3) is 0 Å². The molecule has 3 rings (SSSR count). The average Bonchev–Trinajstić information content (AvgIpc) is 3.14. The van der Waals surface area contributed by atoms with Gasteiger partial charge >= 0.3 is 0 Å². The monoisotopic (exact) mass is 349 g/mol. The van der Waals surface area contributed by atoms with Gasteiger partial charge in [-0.25, -0.2) is 12.8 Å². The lowest BCUT2D eigenvalue weighted by Crippen LogP contribution is -2.35. The molecule has 2 N–H and O–H groups in total. The molecule has 1 fully saturated rings. The van der Waals surface area contributed by atoms with Crippen molar-refractivity contribution in [2.24, 2.45) is 5.73 Å². The quantitative estimate of drug-likeness (QED) is 0.900. The first-order valence-electron chi connectivity index (χ1n) is 7.64. The van der Waals surface area contributed by atoms with Crippen LogP contribution in [0.4, 0.5) is 4.39 Å². The van der Waals surface area contributed by atoms with Crippen molar-refractivity contribution in [1.29, 1.82) is 0 Å². The van der Waals surface area contributed by atoms with Crippen molar-refractivity contribution >= 4 is 9.84 Å². The fourth-order valence-electron chi connectivity index (χ4n) is 3.37. The maximum Gasteiger partial charge on any atom is 0.183 e. The molecule has 0 saturated heterocycles. The Morgan fingerprint density at radius 1 is 1.21 bits per heavy atom. The Hall–Kier alpha value is -1.76. The minimum atomic E-state index is -3.65. The summed E-state index contributed by atoms with van der Waals surface area (Å²) in [5.41, 5.74) is 6.84. The van der Waals surface area contributed by atoms with Crippen molar-refractivity contribution in [1.82, 2.24) is 0 Å². The van der Waals surface area contributed by atoms with E-state index in [0.717, 1.165) is 5.56 Å². The molecule has 4 nitrogen and oxygen atoms in total. The number of rotatable bonds is 5. The number of sulfone groups is 1. The van der Waals surface area contributed by atoms with Crippen LogP contribution in [-0.4, -0.2) is 32.9 Å². The molecule has 0 aliphatic heterocycles. The summed E-state index contributed by atoms with van der Waals surface area (Å²) in [6, 6.07) is 12.6. The largest absolute Gasteiger partial charge is 0.383 e. The van der Waals surface area contributed by atoms with E-state index < -0.39 is 32.4 Å². The van der Waals surface area contributed by atoms with Crippen LogP contribution < -0.4 is 5.73 Å². The third-order valence-electron chi connectivity index (χ3n) is 4.59. The minimum Gasteiger partial charge on any atom is -0.383 e. The summed E-state index contributed by atoms with van der Waals surface area (Å²) in [6.45, 7) is 1.98. The number of aryl methyl sites for hydroxylation is 1. The molecule has 1 aliphatic rings. The van der Waals surface area contributed by atoms with Crippen molar-refractivity contribution in [2.75, 3.05) is 13.7 Å². The van der Waals surface area contributed by atoms with Gasteiger partial charge in [-0.3, -0.25) is 0 Å². The van der Waals surface area contributed by atoms with E-state index in [4.69, 9.17) is 10.5 Å². The molecule has 0 spiro atoms. The molecule has 128 valence electrons. The molecule has 1 saturated carbocycles. The SMILES string of the molecule is COC[C@]1(N)[C@H](c2cccc(F)c2)[C@@H]1S(=O)(=O)c1ccc(C)cc1. The number of ether oxygens (including phenoxy) is 1. The van der Waals surface area contributed by atoms with Crippen LogP contribution in [0.2, 0.25) is 0 Å². The van der Waals surface area contributed by atoms with E-state index in [1.165, 1.54) is 19.2 Å². The summed E-state index contributed by atoms with van der Waals surface area (Å²) in [5.74, 6) is -0.912. The topological polar surface area (TPSA) is 69.4 Å². The summed E-state index contributed by atoms with van der Waals surface area (Å²) in [6.07, 6.45) is 0. The minimum absolute atomic E-state index is 0.0872. The highest BCUT2D eigenvalue weighted by Gasteiger charge is 2.69. The van der Waals surface area contributed by atoms with Crippen molar-refractivity contribution in [3.63, 3.8) is 0 Å². The van der Waals surface area contributed by atoms with Crippen LogP contribution in [0.5, 0.6) is 0 Å². The Balaban J connectivity index is 2.03. The predicted molar refractivity (Wildman–Crippen MR) is 90.1 cm³/mol. The van der Waals surface area contributed by atoms with Crippen LogP contribution in [0.15, 0.2) is 53.4 Å². The predicted octanol–water partition coefficient (Wildman–Crippen LogP) is 2.42. The molecule has 0 radical (unpaired) electrons. The van der Waals surface area contributed by atoms with Crippen LogP contribution in [-0.2, 0) is 14.6 Å². The number of methoxy groups -OCH3 is 1. The van der Waals surface area contributed by atoms with Gasteiger partial charge in [0.15, 0.2) is 9.84 Å². The van der Waals surface area contributed by atoms with Crippen LogP contribution in [0.3, 0.4) is 0 Å². The fraction of sp³-hybridized carbons (Fsp3) is 0.333. The Morgan fingerprint density at radius 2 is 1.88 bits per heavy atom.